The molecule has 4 aliphatic carbocycles. The van der Waals surface area contributed by atoms with Crippen LogP contribution in [-0.4, -0.2) is 20.7 Å². The first kappa shape index (κ1) is 17.3. The van der Waals surface area contributed by atoms with E-state index in [0.717, 1.165) is 44.2 Å². The van der Waals surface area contributed by atoms with Crippen molar-refractivity contribution >= 4 is 27.5 Å². The summed E-state index contributed by atoms with van der Waals surface area (Å²) >= 11 is 3.16. The monoisotopic (exact) mass is 436 g/mol. The summed E-state index contributed by atoms with van der Waals surface area (Å²) in [5.74, 6) is -0.707. The summed E-state index contributed by atoms with van der Waals surface area (Å²) in [6, 6.07) is 1.95. The normalized spacial score (nSPS) is 34.0. The zero-order valence-corrected chi connectivity index (χ0v) is 16.2. The van der Waals surface area contributed by atoms with Crippen molar-refractivity contribution in [3.8, 4) is 0 Å². The van der Waals surface area contributed by atoms with Crippen LogP contribution in [0.25, 0.3) is 0 Å². The van der Waals surface area contributed by atoms with E-state index in [0.29, 0.717) is 18.3 Å². The Morgan fingerprint density at radius 3 is 2.59 bits per heavy atom. The van der Waals surface area contributed by atoms with E-state index in [1.165, 1.54) is 6.33 Å². The number of anilines is 1. The van der Waals surface area contributed by atoms with Crippen LogP contribution >= 0.6 is 15.9 Å². The molecule has 6 rings (SSSR count). The lowest BCUT2D eigenvalue weighted by Crippen LogP contribution is -2.60. The van der Waals surface area contributed by atoms with Crippen LogP contribution in [0.2, 0.25) is 0 Å². The van der Waals surface area contributed by atoms with Crippen LogP contribution in [0.5, 0.6) is 0 Å². The average Bonchev–Trinajstić information content (AvgIpc) is 3.12. The smallest absolute Gasteiger partial charge is 0.230 e. The fourth-order valence-electron chi connectivity index (χ4n) is 6.11. The van der Waals surface area contributed by atoms with Gasteiger partial charge in [0, 0.05) is 10.5 Å². The van der Waals surface area contributed by atoms with Gasteiger partial charge >= 0.3 is 0 Å². The third kappa shape index (κ3) is 2.63. The molecule has 5 nitrogen and oxygen atoms in total. The number of nitrogens with one attached hydrogen (secondary N) is 1. The maximum Gasteiger partial charge on any atom is 0.230 e. The molecule has 0 radical (unpaired) electrons. The van der Waals surface area contributed by atoms with Gasteiger partial charge in [0.1, 0.15) is 18.5 Å². The van der Waals surface area contributed by atoms with Crippen molar-refractivity contribution in [2.45, 2.75) is 44.1 Å². The second-order valence-corrected chi connectivity index (χ2v) is 9.36. The maximum atomic E-state index is 14.2. The Kier molecular flexibility index (Phi) is 3.73. The molecule has 0 aliphatic heterocycles. The van der Waals surface area contributed by atoms with Crippen molar-refractivity contribution in [3.05, 3.63) is 40.9 Å². The number of carbonyl (C=O) groups excluding carboxylic acids is 1. The molecule has 1 amide bonds. The van der Waals surface area contributed by atoms with Gasteiger partial charge in [-0.15, -0.1) is 0 Å². The number of hydrogen-bond acceptors (Lipinski definition) is 3. The van der Waals surface area contributed by atoms with E-state index in [1.807, 2.05) is 4.68 Å². The highest BCUT2D eigenvalue weighted by molar-refractivity contribution is 9.10. The summed E-state index contributed by atoms with van der Waals surface area (Å²) in [4.78, 5) is 17.4. The topological polar surface area (TPSA) is 59.8 Å². The molecule has 8 heteroatoms. The quantitative estimate of drug-likeness (QED) is 0.781. The molecule has 1 aromatic carbocycles. The summed E-state index contributed by atoms with van der Waals surface area (Å²) in [7, 11) is 0. The van der Waals surface area contributed by atoms with Gasteiger partial charge in [-0.1, -0.05) is 0 Å². The highest BCUT2D eigenvalue weighted by Gasteiger charge is 2.61. The van der Waals surface area contributed by atoms with Gasteiger partial charge in [-0.3, -0.25) is 4.79 Å². The number of rotatable bonds is 3. The van der Waals surface area contributed by atoms with E-state index in [9.17, 15) is 13.6 Å². The molecule has 4 fully saturated rings. The molecule has 142 valence electrons. The van der Waals surface area contributed by atoms with Gasteiger partial charge in [0.2, 0.25) is 5.91 Å². The Morgan fingerprint density at radius 1 is 1.22 bits per heavy atom. The van der Waals surface area contributed by atoms with Gasteiger partial charge in [-0.2, -0.15) is 5.10 Å². The minimum atomic E-state index is -0.772. The molecule has 1 N–H and O–H groups in total. The first-order chi connectivity index (χ1) is 12.9. The van der Waals surface area contributed by atoms with Gasteiger partial charge < -0.3 is 5.32 Å². The molecular weight excluding hydrogens is 418 g/mol. The van der Waals surface area contributed by atoms with Crippen molar-refractivity contribution in [2.75, 3.05) is 5.32 Å². The lowest BCUT2D eigenvalue weighted by atomic mass is 9.46. The number of nitrogens with zero attached hydrogens (tertiary/aromatic N) is 3. The second-order valence-electron chi connectivity index (χ2n) is 8.50. The Hall–Kier alpha value is -1.83. The Balaban J connectivity index is 1.49. The van der Waals surface area contributed by atoms with Crippen molar-refractivity contribution in [3.63, 3.8) is 0 Å². The molecule has 0 spiro atoms. The summed E-state index contributed by atoms with van der Waals surface area (Å²) in [6.45, 7) is 0. The molecule has 1 heterocycles. The molecule has 2 aromatic rings. The number of amides is 1. The zero-order chi connectivity index (χ0) is 18.8. The second kappa shape index (κ2) is 5.83. The largest absolute Gasteiger partial charge is 0.322 e. The minimum Gasteiger partial charge on any atom is -0.322 e. The molecule has 27 heavy (non-hydrogen) atoms. The minimum absolute atomic E-state index is 0.00644. The van der Waals surface area contributed by atoms with Gasteiger partial charge in [0.05, 0.1) is 16.6 Å². The SMILES string of the molecule is O=C(Nc1c(F)cc(F)cc1Br)C12CC3CC(C1)CC(n1cncn1)(C3)C2. The molecular formula is C19H19BrF2N4O. The van der Waals surface area contributed by atoms with Crippen molar-refractivity contribution in [2.24, 2.45) is 17.3 Å². The van der Waals surface area contributed by atoms with Crippen molar-refractivity contribution < 1.29 is 13.6 Å². The zero-order valence-electron chi connectivity index (χ0n) is 14.6. The predicted octanol–water partition coefficient (Wildman–Crippen LogP) is 4.25. The first-order valence-corrected chi connectivity index (χ1v) is 10.00. The predicted molar refractivity (Wildman–Crippen MR) is 97.8 cm³/mol. The summed E-state index contributed by atoms with van der Waals surface area (Å²) in [5, 5.41) is 7.14. The van der Waals surface area contributed by atoms with Crippen LogP contribution in [-0.2, 0) is 10.3 Å². The van der Waals surface area contributed by atoms with Gasteiger partial charge in [0.25, 0.3) is 0 Å². The van der Waals surface area contributed by atoms with Crippen molar-refractivity contribution in [1.82, 2.24) is 14.8 Å². The maximum absolute atomic E-state index is 14.2. The lowest BCUT2D eigenvalue weighted by Gasteiger charge is -2.60. The summed E-state index contributed by atoms with van der Waals surface area (Å²) in [6.07, 6.45) is 8.75. The van der Waals surface area contributed by atoms with Gasteiger partial charge in [-0.25, -0.2) is 18.4 Å². The molecule has 4 aliphatic rings. The highest BCUT2D eigenvalue weighted by atomic mass is 79.9. The van der Waals surface area contributed by atoms with E-state index in [2.05, 4.69) is 31.3 Å². The van der Waals surface area contributed by atoms with E-state index in [1.54, 1.807) is 6.33 Å². The number of carbonyl (C=O) groups is 1. The lowest BCUT2D eigenvalue weighted by molar-refractivity contribution is -0.150. The molecule has 2 atom stereocenters. The Bertz CT molecular complexity index is 879. The van der Waals surface area contributed by atoms with E-state index in [-0.39, 0.29) is 21.6 Å². The van der Waals surface area contributed by atoms with Crippen LogP contribution in [0.1, 0.15) is 38.5 Å². The fourth-order valence-corrected chi connectivity index (χ4v) is 6.62. The molecule has 0 saturated heterocycles. The van der Waals surface area contributed by atoms with Crippen molar-refractivity contribution in [1.29, 1.82) is 0 Å². The van der Waals surface area contributed by atoms with Crippen LogP contribution < -0.4 is 5.32 Å². The summed E-state index contributed by atoms with van der Waals surface area (Å²) in [5.41, 5.74) is -0.723. The number of benzene rings is 1. The third-order valence-corrected chi connectivity index (χ3v) is 7.29. The first-order valence-electron chi connectivity index (χ1n) is 9.20. The van der Waals surface area contributed by atoms with Gasteiger partial charge in [-0.05, 0) is 72.4 Å². The van der Waals surface area contributed by atoms with Crippen LogP contribution in [0, 0.1) is 28.9 Å². The molecule has 4 bridgehead atoms. The van der Waals surface area contributed by atoms with Crippen LogP contribution in [0.15, 0.2) is 29.3 Å². The standard InChI is InChI=1S/C19H19BrF2N4O/c20-14-2-13(21)3-15(22)16(14)25-17(27)18-4-11-1-12(5-18)7-19(6-11,8-18)26-10-23-9-24-26/h2-3,9-12H,1,4-8H2,(H,25,27). The highest BCUT2D eigenvalue weighted by Crippen LogP contribution is 2.64. The van der Waals surface area contributed by atoms with Gasteiger partial charge in [0.15, 0.2) is 5.82 Å². The number of hydrogen-bond donors (Lipinski definition) is 1. The Morgan fingerprint density at radius 2 is 1.96 bits per heavy atom. The summed E-state index contributed by atoms with van der Waals surface area (Å²) < 4.78 is 29.7. The average molecular weight is 437 g/mol. The van der Waals surface area contributed by atoms with E-state index < -0.39 is 17.0 Å². The molecule has 1 aromatic heterocycles. The fraction of sp³-hybridized carbons (Fsp3) is 0.526. The number of halogens is 3. The van der Waals surface area contributed by atoms with E-state index in [4.69, 9.17) is 0 Å². The number of aromatic nitrogens is 3. The molecule has 2 unspecified atom stereocenters. The molecule has 4 saturated carbocycles. The van der Waals surface area contributed by atoms with Crippen LogP contribution in [0.4, 0.5) is 14.5 Å². The Labute approximate surface area is 163 Å². The van der Waals surface area contributed by atoms with Crippen LogP contribution in [0.3, 0.4) is 0 Å². The van der Waals surface area contributed by atoms with E-state index >= 15 is 0 Å². The third-order valence-electron chi connectivity index (χ3n) is 6.66.